The Bertz CT molecular complexity index is 1250. The molecule has 0 spiro atoms. The van der Waals surface area contributed by atoms with Gasteiger partial charge in [-0.05, 0) is 44.0 Å². The fraction of sp³-hybridized carbons (Fsp3) is 0.300. The van der Waals surface area contributed by atoms with Gasteiger partial charge in [0.1, 0.15) is 23.1 Å². The monoisotopic (exact) mass is 395 g/mol. The Morgan fingerprint density at radius 3 is 2.79 bits per heavy atom. The van der Waals surface area contributed by atoms with Crippen LogP contribution in [-0.4, -0.2) is 14.5 Å². The first-order valence-electron chi connectivity index (χ1n) is 8.99. The van der Waals surface area contributed by atoms with Gasteiger partial charge in [-0.2, -0.15) is 5.26 Å². The second kappa shape index (κ2) is 6.80. The van der Waals surface area contributed by atoms with E-state index in [9.17, 15) is 9.59 Å². The maximum absolute atomic E-state index is 12.6. The minimum atomic E-state index is -0.435. The molecule has 8 heteroatoms. The molecule has 4 rings (SSSR count). The van der Waals surface area contributed by atoms with Crippen LogP contribution in [-0.2, 0) is 7.05 Å². The van der Waals surface area contributed by atoms with Crippen LogP contribution >= 0.6 is 11.6 Å². The summed E-state index contributed by atoms with van der Waals surface area (Å²) in [5.41, 5.74) is 1.80. The molecule has 3 aromatic heterocycles. The average molecular weight is 396 g/mol. The summed E-state index contributed by atoms with van der Waals surface area (Å²) in [5.74, 6) is 0.383. The summed E-state index contributed by atoms with van der Waals surface area (Å²) < 4.78 is 1.27. The molecule has 1 saturated carbocycles. The molecule has 28 heavy (non-hydrogen) atoms. The molecule has 0 aromatic carbocycles. The Hall–Kier alpha value is -3.11. The number of rotatable bonds is 4. The first-order chi connectivity index (χ1) is 13.4. The lowest BCUT2D eigenvalue weighted by atomic mass is 10.1. The highest BCUT2D eigenvalue weighted by Crippen LogP contribution is 2.42. The van der Waals surface area contributed by atoms with E-state index < -0.39 is 6.04 Å². The third kappa shape index (κ3) is 3.16. The molecule has 1 aliphatic rings. The number of fused-ring (bicyclic) bond motifs is 1. The number of pyridine rings is 3. The number of H-pyrrole nitrogens is 1. The number of nitrogens with zero attached hydrogens (tertiary/aromatic N) is 3. The highest BCUT2D eigenvalue weighted by atomic mass is 35.5. The molecule has 0 aliphatic heterocycles. The van der Waals surface area contributed by atoms with E-state index in [4.69, 9.17) is 16.9 Å². The van der Waals surface area contributed by atoms with Crippen LogP contribution < -0.4 is 16.4 Å². The van der Waals surface area contributed by atoms with Crippen molar-refractivity contribution in [1.82, 2.24) is 14.5 Å². The molecule has 0 radical (unpaired) electrons. The summed E-state index contributed by atoms with van der Waals surface area (Å²) in [7, 11) is 1.53. The van der Waals surface area contributed by atoms with Gasteiger partial charge in [-0.25, -0.2) is 4.98 Å². The molecule has 3 heterocycles. The minimum absolute atomic E-state index is 0.263. The van der Waals surface area contributed by atoms with E-state index in [1.165, 1.54) is 11.6 Å². The number of nitrogens with one attached hydrogen (secondary N) is 2. The van der Waals surface area contributed by atoms with Crippen LogP contribution in [0.4, 0.5) is 5.69 Å². The van der Waals surface area contributed by atoms with Gasteiger partial charge in [-0.15, -0.1) is 0 Å². The minimum Gasteiger partial charge on any atom is -0.374 e. The van der Waals surface area contributed by atoms with Crippen molar-refractivity contribution in [3.63, 3.8) is 0 Å². The third-order valence-electron chi connectivity index (χ3n) is 5.06. The quantitative estimate of drug-likeness (QED) is 0.706. The summed E-state index contributed by atoms with van der Waals surface area (Å²) in [4.78, 5) is 32.4. The molecule has 1 aliphatic carbocycles. The summed E-state index contributed by atoms with van der Waals surface area (Å²) in [5, 5.41) is 13.4. The Morgan fingerprint density at radius 2 is 2.11 bits per heavy atom. The van der Waals surface area contributed by atoms with Crippen LogP contribution in [0.3, 0.4) is 0 Å². The van der Waals surface area contributed by atoms with Crippen LogP contribution in [0.1, 0.15) is 48.7 Å². The second-order valence-electron chi connectivity index (χ2n) is 7.10. The molecule has 142 valence electrons. The topological polar surface area (TPSA) is 104 Å². The van der Waals surface area contributed by atoms with Crippen molar-refractivity contribution < 1.29 is 0 Å². The van der Waals surface area contributed by atoms with Crippen LogP contribution in [0.5, 0.6) is 0 Å². The summed E-state index contributed by atoms with van der Waals surface area (Å²) >= 11 is 6.37. The fourth-order valence-electron chi connectivity index (χ4n) is 3.27. The van der Waals surface area contributed by atoms with Crippen molar-refractivity contribution in [1.29, 1.82) is 5.26 Å². The van der Waals surface area contributed by atoms with Gasteiger partial charge in [0, 0.05) is 23.9 Å². The molecule has 0 bridgehead atoms. The molecular formula is C20H18ClN5O2. The predicted molar refractivity (Wildman–Crippen MR) is 108 cm³/mol. The van der Waals surface area contributed by atoms with Gasteiger partial charge < -0.3 is 14.9 Å². The second-order valence-corrected chi connectivity index (χ2v) is 7.50. The number of aromatic amines is 1. The Kier molecular flexibility index (Phi) is 4.44. The van der Waals surface area contributed by atoms with Crippen molar-refractivity contribution >= 4 is 28.3 Å². The smallest absolute Gasteiger partial charge is 0.274 e. The SMILES string of the molecule is CC(Nc1ccc(C#N)n(C)c1=O)c1cc2cc(Cl)c(C3CC3)nc2[nH]c1=O. The van der Waals surface area contributed by atoms with E-state index in [0.717, 1.165) is 23.9 Å². The van der Waals surface area contributed by atoms with Crippen LogP contribution in [0.15, 0.2) is 33.9 Å². The Labute approximate surface area is 165 Å². The number of hydrogen-bond donors (Lipinski definition) is 2. The summed E-state index contributed by atoms with van der Waals surface area (Å²) in [6.07, 6.45) is 2.14. The van der Waals surface area contributed by atoms with Gasteiger partial charge >= 0.3 is 0 Å². The average Bonchev–Trinajstić information content (AvgIpc) is 3.50. The molecule has 2 N–H and O–H groups in total. The summed E-state index contributed by atoms with van der Waals surface area (Å²) in [6.45, 7) is 1.79. The van der Waals surface area contributed by atoms with Crippen molar-refractivity contribution in [2.24, 2.45) is 7.05 Å². The number of halogens is 1. The van der Waals surface area contributed by atoms with E-state index >= 15 is 0 Å². The van der Waals surface area contributed by atoms with Gasteiger partial charge in [-0.3, -0.25) is 9.59 Å². The molecular weight excluding hydrogens is 378 g/mol. The number of nitriles is 1. The largest absolute Gasteiger partial charge is 0.374 e. The molecule has 3 aromatic rings. The molecule has 7 nitrogen and oxygen atoms in total. The highest BCUT2D eigenvalue weighted by molar-refractivity contribution is 6.31. The molecule has 0 amide bonds. The molecule has 0 saturated heterocycles. The zero-order chi connectivity index (χ0) is 20.0. The van der Waals surface area contributed by atoms with E-state index in [1.54, 1.807) is 25.1 Å². The van der Waals surface area contributed by atoms with Gasteiger partial charge in [0.15, 0.2) is 0 Å². The lowest BCUT2D eigenvalue weighted by Gasteiger charge is -2.16. The molecule has 1 atom stereocenters. The highest BCUT2D eigenvalue weighted by Gasteiger charge is 2.28. The van der Waals surface area contributed by atoms with E-state index in [-0.39, 0.29) is 16.8 Å². The predicted octanol–water partition coefficient (Wildman–Crippen LogP) is 3.20. The maximum atomic E-state index is 12.6. The zero-order valence-corrected chi connectivity index (χ0v) is 16.2. The number of aromatic nitrogens is 3. The van der Waals surface area contributed by atoms with E-state index in [2.05, 4.69) is 15.3 Å². The van der Waals surface area contributed by atoms with Crippen molar-refractivity contribution in [3.05, 3.63) is 66.9 Å². The van der Waals surface area contributed by atoms with Crippen LogP contribution in [0.2, 0.25) is 5.02 Å². The lowest BCUT2D eigenvalue weighted by molar-refractivity contribution is 0.818. The maximum Gasteiger partial charge on any atom is 0.274 e. The van der Waals surface area contributed by atoms with E-state index in [1.807, 2.05) is 12.1 Å². The molecule has 1 unspecified atom stereocenters. The number of hydrogen-bond acceptors (Lipinski definition) is 5. The third-order valence-corrected chi connectivity index (χ3v) is 5.36. The van der Waals surface area contributed by atoms with Gasteiger partial charge in [0.05, 0.1) is 16.8 Å². The normalized spacial score (nSPS) is 14.6. The van der Waals surface area contributed by atoms with Gasteiger partial charge in [-0.1, -0.05) is 11.6 Å². The van der Waals surface area contributed by atoms with Gasteiger partial charge in [0.25, 0.3) is 11.1 Å². The van der Waals surface area contributed by atoms with Crippen LogP contribution in [0.25, 0.3) is 11.0 Å². The number of anilines is 1. The van der Waals surface area contributed by atoms with Gasteiger partial charge in [0.2, 0.25) is 0 Å². The van der Waals surface area contributed by atoms with Crippen molar-refractivity contribution in [2.45, 2.75) is 31.7 Å². The summed E-state index contributed by atoms with van der Waals surface area (Å²) in [6, 6.07) is 8.20. The fourth-order valence-corrected chi connectivity index (χ4v) is 3.59. The Balaban J connectivity index is 1.71. The molecule has 1 fully saturated rings. The standard InChI is InChI=1S/C20H18ClN5O2/c1-10(23-16-6-5-13(9-22)26(2)20(16)28)14-7-12-8-15(21)17(11-3-4-11)24-18(12)25-19(14)27/h5-8,10-11,23H,3-4H2,1-2H3,(H,24,25,27). The first kappa shape index (κ1) is 18.3. The lowest BCUT2D eigenvalue weighted by Crippen LogP contribution is -2.26. The zero-order valence-electron chi connectivity index (χ0n) is 15.4. The first-order valence-corrected chi connectivity index (χ1v) is 9.37. The Morgan fingerprint density at radius 1 is 1.36 bits per heavy atom. The van der Waals surface area contributed by atoms with Crippen molar-refractivity contribution in [2.75, 3.05) is 5.32 Å². The van der Waals surface area contributed by atoms with Crippen LogP contribution in [0, 0.1) is 11.3 Å². The van der Waals surface area contributed by atoms with Crippen molar-refractivity contribution in [3.8, 4) is 6.07 Å². The van der Waals surface area contributed by atoms with E-state index in [0.29, 0.717) is 27.8 Å².